The molecule has 3 rings (SSSR count). The van der Waals surface area contributed by atoms with E-state index in [1.807, 2.05) is 13.0 Å². The summed E-state index contributed by atoms with van der Waals surface area (Å²) in [5.41, 5.74) is 7.33. The van der Waals surface area contributed by atoms with Gasteiger partial charge in [0, 0.05) is 30.7 Å². The fraction of sp³-hybridized carbons (Fsp3) is 0.263. The standard InChI is InChI=1S/C19H23N9O/c1-11(2)28-12(3)25-14-9-24-18(6-15(14)28)26-17-4-5-23-19(27-17)13(7-20)8-22-10-16(21)29/h4-9,11,20,22H,10H2,1-3H3,(H2,21,29)(H,23,24,26,27)/b13-8+,20-7?. The van der Waals surface area contributed by atoms with Gasteiger partial charge in [0.15, 0.2) is 5.82 Å². The van der Waals surface area contributed by atoms with E-state index >= 15 is 0 Å². The summed E-state index contributed by atoms with van der Waals surface area (Å²) in [6.45, 7) is 6.15. The number of carbonyl (C=O) groups is 1. The summed E-state index contributed by atoms with van der Waals surface area (Å²) >= 11 is 0. The quantitative estimate of drug-likeness (QED) is 0.427. The van der Waals surface area contributed by atoms with Crippen LogP contribution in [0.3, 0.4) is 0 Å². The number of primary amides is 1. The Morgan fingerprint density at radius 2 is 2.10 bits per heavy atom. The van der Waals surface area contributed by atoms with Crippen LogP contribution in [0.1, 0.15) is 31.5 Å². The minimum absolute atomic E-state index is 0.0395. The van der Waals surface area contributed by atoms with E-state index < -0.39 is 5.91 Å². The first-order valence-corrected chi connectivity index (χ1v) is 9.06. The van der Waals surface area contributed by atoms with Crippen LogP contribution in [0.15, 0.2) is 30.7 Å². The van der Waals surface area contributed by atoms with Gasteiger partial charge in [-0.25, -0.2) is 19.9 Å². The van der Waals surface area contributed by atoms with Gasteiger partial charge in [0.1, 0.15) is 23.0 Å². The molecule has 0 aliphatic rings. The van der Waals surface area contributed by atoms with Crippen LogP contribution in [-0.4, -0.2) is 43.2 Å². The molecule has 0 fully saturated rings. The molecule has 1 amide bonds. The Kier molecular flexibility index (Phi) is 5.82. The molecule has 0 radical (unpaired) electrons. The van der Waals surface area contributed by atoms with E-state index in [2.05, 4.69) is 49.0 Å². The molecule has 0 aliphatic carbocycles. The molecule has 3 aromatic rings. The zero-order valence-corrected chi connectivity index (χ0v) is 16.5. The molecule has 0 aromatic carbocycles. The van der Waals surface area contributed by atoms with Gasteiger partial charge in [-0.2, -0.15) is 0 Å². The number of pyridine rings is 1. The predicted octanol–water partition coefficient (Wildman–Crippen LogP) is 1.92. The zero-order chi connectivity index (χ0) is 21.0. The highest BCUT2D eigenvalue weighted by Gasteiger charge is 2.12. The van der Waals surface area contributed by atoms with Crippen molar-refractivity contribution in [3.05, 3.63) is 42.4 Å². The lowest BCUT2D eigenvalue weighted by molar-refractivity contribution is -0.117. The molecule has 0 aliphatic heterocycles. The minimum atomic E-state index is -0.501. The second kappa shape index (κ2) is 8.46. The number of hydrogen-bond acceptors (Lipinski definition) is 8. The SMILES string of the molecule is Cc1nc2cnc(Nc3ccnc(/C(C=N)=C/NCC(N)=O)n3)cc2n1C(C)C. The van der Waals surface area contributed by atoms with Crippen LogP contribution >= 0.6 is 0 Å². The van der Waals surface area contributed by atoms with Gasteiger partial charge < -0.3 is 26.3 Å². The number of aromatic nitrogens is 5. The summed E-state index contributed by atoms with van der Waals surface area (Å²) in [4.78, 5) is 28.4. The second-order valence-electron chi connectivity index (χ2n) is 6.66. The largest absolute Gasteiger partial charge is 0.382 e. The van der Waals surface area contributed by atoms with Crippen LogP contribution in [0, 0.1) is 12.3 Å². The molecule has 10 nitrogen and oxygen atoms in total. The normalized spacial score (nSPS) is 11.7. The van der Waals surface area contributed by atoms with Crippen LogP contribution in [0.5, 0.6) is 0 Å². The van der Waals surface area contributed by atoms with Crippen LogP contribution in [0.4, 0.5) is 11.6 Å². The summed E-state index contributed by atoms with van der Waals surface area (Å²) in [5.74, 6) is 1.90. The number of fused-ring (bicyclic) bond motifs is 1. The maximum absolute atomic E-state index is 10.8. The second-order valence-corrected chi connectivity index (χ2v) is 6.66. The van der Waals surface area contributed by atoms with Gasteiger partial charge in [0.05, 0.1) is 23.8 Å². The minimum Gasteiger partial charge on any atom is -0.382 e. The molecular formula is C19H23N9O. The molecule has 0 saturated heterocycles. The number of carbonyl (C=O) groups excluding carboxylic acids is 1. The third-order valence-corrected chi connectivity index (χ3v) is 4.13. The molecule has 0 atom stereocenters. The summed E-state index contributed by atoms with van der Waals surface area (Å²) in [6, 6.07) is 3.91. The maximum atomic E-state index is 10.8. The van der Waals surface area contributed by atoms with Crippen LogP contribution in [0.2, 0.25) is 0 Å². The molecule has 10 heteroatoms. The first-order valence-electron chi connectivity index (χ1n) is 9.06. The number of nitrogens with zero attached hydrogens (tertiary/aromatic N) is 5. The lowest BCUT2D eigenvalue weighted by atomic mass is 10.3. The molecule has 29 heavy (non-hydrogen) atoms. The van der Waals surface area contributed by atoms with Crippen molar-refractivity contribution in [3.63, 3.8) is 0 Å². The number of nitrogens with one attached hydrogen (secondary N) is 3. The highest BCUT2D eigenvalue weighted by Crippen LogP contribution is 2.23. The Labute approximate surface area is 167 Å². The highest BCUT2D eigenvalue weighted by atomic mass is 16.1. The van der Waals surface area contributed by atoms with E-state index in [9.17, 15) is 4.79 Å². The molecular weight excluding hydrogens is 370 g/mol. The smallest absolute Gasteiger partial charge is 0.236 e. The van der Waals surface area contributed by atoms with E-state index in [-0.39, 0.29) is 12.6 Å². The molecule has 0 saturated carbocycles. The van der Waals surface area contributed by atoms with Crippen molar-refractivity contribution in [1.82, 2.24) is 29.8 Å². The van der Waals surface area contributed by atoms with E-state index in [1.165, 1.54) is 6.20 Å². The fourth-order valence-electron chi connectivity index (χ4n) is 2.97. The number of amides is 1. The predicted molar refractivity (Wildman–Crippen MR) is 112 cm³/mol. The zero-order valence-electron chi connectivity index (χ0n) is 16.5. The van der Waals surface area contributed by atoms with E-state index in [1.54, 1.807) is 18.5 Å². The summed E-state index contributed by atoms with van der Waals surface area (Å²) in [6.07, 6.45) is 5.88. The van der Waals surface area contributed by atoms with Gasteiger partial charge in [-0.1, -0.05) is 0 Å². The van der Waals surface area contributed by atoms with Crippen molar-refractivity contribution in [3.8, 4) is 0 Å². The Balaban J connectivity index is 1.87. The Bertz CT molecular complexity index is 1080. The summed E-state index contributed by atoms with van der Waals surface area (Å²) in [7, 11) is 0. The Morgan fingerprint density at radius 1 is 1.31 bits per heavy atom. The summed E-state index contributed by atoms with van der Waals surface area (Å²) < 4.78 is 2.15. The average molecular weight is 393 g/mol. The number of aryl methyl sites for hydroxylation is 1. The molecule has 150 valence electrons. The third kappa shape index (κ3) is 4.54. The van der Waals surface area contributed by atoms with Gasteiger partial charge in [-0.05, 0) is 26.8 Å². The molecule has 3 aromatic heterocycles. The third-order valence-electron chi connectivity index (χ3n) is 4.13. The van der Waals surface area contributed by atoms with Gasteiger partial charge in [0.2, 0.25) is 5.91 Å². The maximum Gasteiger partial charge on any atom is 0.236 e. The lowest BCUT2D eigenvalue weighted by Gasteiger charge is -2.11. The van der Waals surface area contributed by atoms with Gasteiger partial charge in [0.25, 0.3) is 0 Å². The van der Waals surface area contributed by atoms with E-state index in [0.29, 0.717) is 23.0 Å². The molecule has 3 heterocycles. The molecule has 0 bridgehead atoms. The molecule has 0 spiro atoms. The monoisotopic (exact) mass is 393 g/mol. The fourth-order valence-corrected chi connectivity index (χ4v) is 2.97. The van der Waals surface area contributed by atoms with Gasteiger partial charge >= 0.3 is 0 Å². The average Bonchev–Trinajstić information content (AvgIpc) is 3.00. The van der Waals surface area contributed by atoms with Crippen molar-refractivity contribution in [2.75, 3.05) is 11.9 Å². The van der Waals surface area contributed by atoms with Crippen LogP contribution in [-0.2, 0) is 4.79 Å². The van der Waals surface area contributed by atoms with Crippen LogP contribution < -0.4 is 16.4 Å². The van der Waals surface area contributed by atoms with E-state index in [4.69, 9.17) is 11.1 Å². The van der Waals surface area contributed by atoms with Crippen LogP contribution in [0.25, 0.3) is 16.6 Å². The van der Waals surface area contributed by atoms with Gasteiger partial charge in [-0.15, -0.1) is 0 Å². The van der Waals surface area contributed by atoms with E-state index in [0.717, 1.165) is 23.1 Å². The number of rotatable bonds is 8. The number of hydrogen-bond donors (Lipinski definition) is 4. The Hall–Kier alpha value is -3.82. The molecule has 5 N–H and O–H groups in total. The topological polar surface area (TPSA) is 147 Å². The Morgan fingerprint density at radius 3 is 2.79 bits per heavy atom. The van der Waals surface area contributed by atoms with Crippen molar-refractivity contribution in [1.29, 1.82) is 5.41 Å². The summed E-state index contributed by atoms with van der Waals surface area (Å²) in [5, 5.41) is 13.5. The number of nitrogens with two attached hydrogens (primary N) is 1. The molecule has 0 unspecified atom stereocenters. The van der Waals surface area contributed by atoms with Crippen molar-refractivity contribution in [2.24, 2.45) is 5.73 Å². The lowest BCUT2D eigenvalue weighted by Crippen LogP contribution is -2.25. The van der Waals surface area contributed by atoms with Crippen molar-refractivity contribution >= 4 is 40.4 Å². The number of imidazole rings is 1. The number of anilines is 2. The number of allylic oxidation sites excluding steroid dienone is 1. The van der Waals surface area contributed by atoms with Crippen molar-refractivity contribution in [2.45, 2.75) is 26.8 Å². The highest BCUT2D eigenvalue weighted by molar-refractivity contribution is 6.06. The van der Waals surface area contributed by atoms with Gasteiger partial charge in [-0.3, -0.25) is 4.79 Å². The first-order chi connectivity index (χ1) is 13.9. The first kappa shape index (κ1) is 19.9. The van der Waals surface area contributed by atoms with Crippen molar-refractivity contribution < 1.29 is 4.79 Å².